The molecule has 2 heterocycles. The molecule has 3 aromatic rings. The quantitative estimate of drug-likeness (QED) is 0.240. The summed E-state index contributed by atoms with van der Waals surface area (Å²) >= 11 is 7.53. The van der Waals surface area contributed by atoms with Crippen molar-refractivity contribution in [3.05, 3.63) is 99.6 Å². The van der Waals surface area contributed by atoms with E-state index in [0.29, 0.717) is 45.7 Å². The highest BCUT2D eigenvalue weighted by Crippen LogP contribution is 2.33. The number of hydrogen-bond donors (Lipinski definition) is 1. The summed E-state index contributed by atoms with van der Waals surface area (Å²) in [5.74, 6) is 1.34. The lowest BCUT2D eigenvalue weighted by atomic mass is 10.0. The summed E-state index contributed by atoms with van der Waals surface area (Å²) in [6, 6.07) is 20.9. The number of aliphatic imine (C=N–C) groups is 1. The van der Waals surface area contributed by atoms with Gasteiger partial charge in [-0.2, -0.15) is 15.1 Å². The van der Waals surface area contributed by atoms with Gasteiger partial charge in [-0.25, -0.2) is 0 Å². The van der Waals surface area contributed by atoms with Crippen LogP contribution in [-0.2, 0) is 4.79 Å². The predicted octanol–water partition coefficient (Wildman–Crippen LogP) is 6.90. The van der Waals surface area contributed by atoms with Crippen LogP contribution < -0.4 is 9.47 Å². The van der Waals surface area contributed by atoms with Crippen LogP contribution in [0.1, 0.15) is 42.0 Å². The summed E-state index contributed by atoms with van der Waals surface area (Å²) in [7, 11) is 0. The van der Waals surface area contributed by atoms with E-state index in [2.05, 4.69) is 36.1 Å². The van der Waals surface area contributed by atoms with Crippen molar-refractivity contribution in [1.82, 2.24) is 5.01 Å². The Bertz CT molecular complexity index is 1550. The number of hydrogen-bond acceptors (Lipinski definition) is 6. The molecule has 0 fully saturated rings. The molecule has 9 heteroatoms. The molecule has 2 aliphatic heterocycles. The zero-order chi connectivity index (χ0) is 27.5. The van der Waals surface area contributed by atoms with Gasteiger partial charge in [0.2, 0.25) is 5.17 Å². The maximum Gasteiger partial charge on any atom is 0.283 e. The van der Waals surface area contributed by atoms with Gasteiger partial charge in [-0.3, -0.25) is 10.2 Å². The number of amidine groups is 2. The highest BCUT2D eigenvalue weighted by molar-refractivity contribution is 8.27. The highest BCUT2D eigenvalue weighted by atomic mass is 35.5. The smallest absolute Gasteiger partial charge is 0.283 e. The molecule has 0 saturated carbocycles. The first-order chi connectivity index (χ1) is 18.8. The van der Waals surface area contributed by atoms with Gasteiger partial charge in [-0.05, 0) is 71.6 Å². The van der Waals surface area contributed by atoms with E-state index in [1.165, 1.54) is 22.3 Å². The second-order valence-corrected chi connectivity index (χ2v) is 10.7. The number of amides is 1. The number of carbonyl (C=O) groups excluding carboxylic acids is 1. The summed E-state index contributed by atoms with van der Waals surface area (Å²) in [4.78, 5) is 17.0. The largest absolute Gasteiger partial charge is 0.490 e. The molecule has 2 aliphatic rings. The SMILES string of the molecule is Cc1ccc(C(C)C)c(OCCOc2cccc(C=C3C(=N)N4N=C(c5ccccc5Cl)SC4=NC3=O)c2)c1. The van der Waals surface area contributed by atoms with E-state index in [0.717, 1.165) is 16.9 Å². The molecule has 0 aliphatic carbocycles. The van der Waals surface area contributed by atoms with E-state index in [-0.39, 0.29) is 11.4 Å². The Labute approximate surface area is 236 Å². The number of fused-ring (bicyclic) bond motifs is 1. The summed E-state index contributed by atoms with van der Waals surface area (Å²) in [5.41, 5.74) is 3.89. The number of carbonyl (C=O) groups is 1. The molecular weight excluding hydrogens is 532 g/mol. The summed E-state index contributed by atoms with van der Waals surface area (Å²) in [5, 5.41) is 16.0. The zero-order valence-corrected chi connectivity index (χ0v) is 23.3. The number of nitrogens with one attached hydrogen (secondary N) is 1. The lowest BCUT2D eigenvalue weighted by molar-refractivity contribution is -0.114. The van der Waals surface area contributed by atoms with Gasteiger partial charge in [0, 0.05) is 5.56 Å². The number of thioether (sulfide) groups is 1. The van der Waals surface area contributed by atoms with Crippen LogP contribution in [0.2, 0.25) is 5.02 Å². The molecule has 0 saturated heterocycles. The third-order valence-electron chi connectivity index (χ3n) is 6.13. The minimum atomic E-state index is -0.492. The summed E-state index contributed by atoms with van der Waals surface area (Å²) in [6.45, 7) is 7.09. The molecule has 1 amide bonds. The number of ether oxygens (including phenoxy) is 2. The Morgan fingerprint density at radius 2 is 1.85 bits per heavy atom. The monoisotopic (exact) mass is 558 g/mol. The van der Waals surface area contributed by atoms with Crippen molar-refractivity contribution in [2.45, 2.75) is 26.7 Å². The van der Waals surface area contributed by atoms with Crippen LogP contribution in [0.4, 0.5) is 0 Å². The minimum absolute atomic E-state index is 0.0432. The van der Waals surface area contributed by atoms with Gasteiger partial charge in [0.05, 0.1) is 10.6 Å². The van der Waals surface area contributed by atoms with Crippen LogP contribution in [-0.4, -0.2) is 40.2 Å². The number of benzene rings is 3. The first kappa shape index (κ1) is 26.7. The number of rotatable bonds is 8. The molecule has 0 radical (unpaired) electrons. The number of aryl methyl sites for hydroxylation is 1. The molecule has 0 atom stereocenters. The fourth-order valence-corrected chi connectivity index (χ4v) is 5.36. The van der Waals surface area contributed by atoms with Crippen LogP contribution in [0.15, 0.2) is 82.4 Å². The van der Waals surface area contributed by atoms with E-state index in [1.54, 1.807) is 12.1 Å². The van der Waals surface area contributed by atoms with Crippen LogP contribution >= 0.6 is 23.4 Å². The third kappa shape index (κ3) is 5.92. The van der Waals surface area contributed by atoms with Crippen molar-refractivity contribution in [2.24, 2.45) is 10.1 Å². The molecule has 5 rings (SSSR count). The van der Waals surface area contributed by atoms with E-state index < -0.39 is 5.91 Å². The van der Waals surface area contributed by atoms with E-state index in [4.69, 9.17) is 26.5 Å². The molecule has 0 bridgehead atoms. The molecule has 39 heavy (non-hydrogen) atoms. The number of nitrogens with zero attached hydrogens (tertiary/aromatic N) is 3. The van der Waals surface area contributed by atoms with Crippen molar-refractivity contribution in [2.75, 3.05) is 13.2 Å². The van der Waals surface area contributed by atoms with Crippen molar-refractivity contribution in [3.63, 3.8) is 0 Å². The fourth-order valence-electron chi connectivity index (χ4n) is 4.15. The first-order valence-electron chi connectivity index (χ1n) is 12.5. The van der Waals surface area contributed by atoms with Gasteiger partial charge in [0.25, 0.3) is 5.91 Å². The van der Waals surface area contributed by atoms with Crippen molar-refractivity contribution < 1.29 is 14.3 Å². The summed E-state index contributed by atoms with van der Waals surface area (Å²) < 4.78 is 11.9. The van der Waals surface area contributed by atoms with Gasteiger partial charge < -0.3 is 9.47 Å². The van der Waals surface area contributed by atoms with Crippen LogP contribution in [0, 0.1) is 12.3 Å². The molecular formula is C30H27ClN4O3S. The topological polar surface area (TPSA) is 87.3 Å². The van der Waals surface area contributed by atoms with Gasteiger partial charge >= 0.3 is 0 Å². The number of hydrazone groups is 1. The van der Waals surface area contributed by atoms with E-state index in [1.807, 2.05) is 55.5 Å². The molecule has 3 aromatic carbocycles. The Morgan fingerprint density at radius 3 is 2.64 bits per heavy atom. The average molecular weight is 559 g/mol. The van der Waals surface area contributed by atoms with Gasteiger partial charge in [-0.15, -0.1) is 0 Å². The Hall–Kier alpha value is -3.88. The van der Waals surface area contributed by atoms with Crippen LogP contribution in [0.5, 0.6) is 11.5 Å². The van der Waals surface area contributed by atoms with Crippen molar-refractivity contribution >= 4 is 51.4 Å². The molecule has 0 spiro atoms. The second kappa shape index (κ2) is 11.5. The van der Waals surface area contributed by atoms with Gasteiger partial charge in [0.1, 0.15) is 29.8 Å². The second-order valence-electron chi connectivity index (χ2n) is 9.37. The zero-order valence-electron chi connectivity index (χ0n) is 21.8. The number of halogens is 1. The molecule has 0 aromatic heterocycles. The lowest BCUT2D eigenvalue weighted by Crippen LogP contribution is -2.35. The summed E-state index contributed by atoms with van der Waals surface area (Å²) in [6.07, 6.45) is 1.63. The van der Waals surface area contributed by atoms with E-state index >= 15 is 0 Å². The minimum Gasteiger partial charge on any atom is -0.490 e. The maximum absolute atomic E-state index is 12.8. The first-order valence-corrected chi connectivity index (χ1v) is 13.7. The molecule has 198 valence electrons. The standard InChI is InChI=1S/C30H27ClN4O3S/c1-18(2)22-12-11-19(3)15-26(22)38-14-13-37-21-8-6-7-20(16-21)17-24-27(32)35-30(33-28(24)36)39-29(34-35)23-9-4-5-10-25(23)31/h4-12,15-18,32H,13-14H2,1-3H3. The van der Waals surface area contributed by atoms with Crippen LogP contribution in [0.3, 0.4) is 0 Å². The van der Waals surface area contributed by atoms with Gasteiger partial charge in [-0.1, -0.05) is 67.9 Å². The van der Waals surface area contributed by atoms with Crippen molar-refractivity contribution in [1.29, 1.82) is 5.41 Å². The maximum atomic E-state index is 12.8. The average Bonchev–Trinajstić information content (AvgIpc) is 3.33. The third-order valence-corrected chi connectivity index (χ3v) is 7.40. The fraction of sp³-hybridized carbons (Fsp3) is 0.200. The van der Waals surface area contributed by atoms with E-state index in [9.17, 15) is 4.79 Å². The Balaban J connectivity index is 1.26. The highest BCUT2D eigenvalue weighted by Gasteiger charge is 2.36. The molecule has 0 unspecified atom stereocenters. The van der Waals surface area contributed by atoms with Crippen molar-refractivity contribution in [3.8, 4) is 11.5 Å². The Kier molecular flexibility index (Phi) is 7.86. The molecule has 7 nitrogen and oxygen atoms in total. The van der Waals surface area contributed by atoms with Crippen LogP contribution in [0.25, 0.3) is 6.08 Å². The predicted molar refractivity (Wildman–Crippen MR) is 158 cm³/mol. The normalized spacial score (nSPS) is 15.9. The molecule has 1 N–H and O–H groups in total. The van der Waals surface area contributed by atoms with Gasteiger partial charge in [0.15, 0.2) is 5.84 Å². The Morgan fingerprint density at radius 1 is 1.05 bits per heavy atom. The lowest BCUT2D eigenvalue weighted by Gasteiger charge is -2.20.